The first-order valence-electron chi connectivity index (χ1n) is 8.38. The standard InChI is InChI=1S/C17H34N2O2/c1-13(2)11-14(3)18-9-7-15-8-10-19(12-15)16(20)21-17(4,5)6/h13-15,18H,7-12H2,1-6H3. The van der Waals surface area contributed by atoms with Gasteiger partial charge >= 0.3 is 6.09 Å². The van der Waals surface area contributed by atoms with E-state index in [0.717, 1.165) is 38.4 Å². The van der Waals surface area contributed by atoms with Crippen molar-refractivity contribution >= 4 is 6.09 Å². The van der Waals surface area contributed by atoms with Crippen molar-refractivity contribution < 1.29 is 9.53 Å². The normalized spacial score (nSPS) is 20.9. The van der Waals surface area contributed by atoms with Crippen molar-refractivity contribution in [3.63, 3.8) is 0 Å². The van der Waals surface area contributed by atoms with E-state index in [-0.39, 0.29) is 6.09 Å². The molecule has 0 aliphatic carbocycles. The van der Waals surface area contributed by atoms with Crippen LogP contribution in [-0.2, 0) is 4.74 Å². The van der Waals surface area contributed by atoms with Gasteiger partial charge in [0.05, 0.1) is 0 Å². The molecule has 0 radical (unpaired) electrons. The van der Waals surface area contributed by atoms with Gasteiger partial charge in [-0.3, -0.25) is 0 Å². The molecule has 2 unspecified atom stereocenters. The summed E-state index contributed by atoms with van der Waals surface area (Å²) in [6.45, 7) is 15.2. The first-order valence-corrected chi connectivity index (χ1v) is 8.38. The SMILES string of the molecule is CC(C)CC(C)NCCC1CCN(C(=O)OC(C)(C)C)C1. The molecule has 1 fully saturated rings. The van der Waals surface area contributed by atoms with Gasteiger partial charge in [-0.15, -0.1) is 0 Å². The Bertz CT molecular complexity index is 323. The molecule has 1 aliphatic rings. The van der Waals surface area contributed by atoms with E-state index in [1.165, 1.54) is 6.42 Å². The number of hydrogen-bond acceptors (Lipinski definition) is 3. The Morgan fingerprint density at radius 2 is 2.00 bits per heavy atom. The van der Waals surface area contributed by atoms with E-state index in [4.69, 9.17) is 4.74 Å². The molecule has 1 heterocycles. The molecule has 1 aliphatic heterocycles. The molecule has 0 aromatic heterocycles. The fraction of sp³-hybridized carbons (Fsp3) is 0.941. The number of carbonyl (C=O) groups excluding carboxylic acids is 1. The molecule has 4 heteroatoms. The minimum absolute atomic E-state index is 0.161. The number of nitrogens with zero attached hydrogens (tertiary/aromatic N) is 1. The monoisotopic (exact) mass is 298 g/mol. The van der Waals surface area contributed by atoms with Gasteiger partial charge in [0.1, 0.15) is 5.60 Å². The van der Waals surface area contributed by atoms with Crippen LogP contribution in [0.5, 0.6) is 0 Å². The van der Waals surface area contributed by atoms with E-state index in [1.54, 1.807) is 0 Å². The van der Waals surface area contributed by atoms with Gasteiger partial charge in [-0.2, -0.15) is 0 Å². The smallest absolute Gasteiger partial charge is 0.410 e. The lowest BCUT2D eigenvalue weighted by Gasteiger charge is -2.24. The highest BCUT2D eigenvalue weighted by Crippen LogP contribution is 2.21. The summed E-state index contributed by atoms with van der Waals surface area (Å²) in [5.41, 5.74) is -0.400. The number of rotatable bonds is 6. The summed E-state index contributed by atoms with van der Waals surface area (Å²) in [6, 6.07) is 0.577. The minimum Gasteiger partial charge on any atom is -0.444 e. The topological polar surface area (TPSA) is 41.6 Å². The number of ether oxygens (including phenoxy) is 1. The average Bonchev–Trinajstić information content (AvgIpc) is 2.74. The van der Waals surface area contributed by atoms with Crippen LogP contribution < -0.4 is 5.32 Å². The number of carbonyl (C=O) groups is 1. The highest BCUT2D eigenvalue weighted by atomic mass is 16.6. The maximum atomic E-state index is 12.0. The number of nitrogens with one attached hydrogen (secondary N) is 1. The van der Waals surface area contributed by atoms with Crippen LogP contribution in [0.2, 0.25) is 0 Å². The van der Waals surface area contributed by atoms with Crippen LogP contribution in [0.4, 0.5) is 4.79 Å². The third-order valence-corrected chi connectivity index (χ3v) is 3.81. The molecular formula is C17H34N2O2. The minimum atomic E-state index is -0.400. The number of hydrogen-bond donors (Lipinski definition) is 1. The molecule has 0 aromatic rings. The third kappa shape index (κ3) is 7.70. The zero-order valence-electron chi connectivity index (χ0n) is 14.7. The zero-order chi connectivity index (χ0) is 16.0. The summed E-state index contributed by atoms with van der Waals surface area (Å²) in [5.74, 6) is 1.35. The third-order valence-electron chi connectivity index (χ3n) is 3.81. The summed E-state index contributed by atoms with van der Waals surface area (Å²) in [7, 11) is 0. The van der Waals surface area contributed by atoms with Crippen LogP contribution in [0.1, 0.15) is 60.8 Å². The van der Waals surface area contributed by atoms with Crippen molar-refractivity contribution in [3.8, 4) is 0 Å². The molecule has 0 saturated carbocycles. The second-order valence-corrected chi connectivity index (χ2v) is 7.85. The van der Waals surface area contributed by atoms with Crippen molar-refractivity contribution in [2.75, 3.05) is 19.6 Å². The first-order chi connectivity index (χ1) is 9.67. The highest BCUT2D eigenvalue weighted by molar-refractivity contribution is 5.68. The van der Waals surface area contributed by atoms with Crippen molar-refractivity contribution in [1.29, 1.82) is 0 Å². The molecule has 0 spiro atoms. The Morgan fingerprint density at radius 3 is 2.57 bits per heavy atom. The van der Waals surface area contributed by atoms with E-state index in [0.29, 0.717) is 12.0 Å². The molecule has 0 bridgehead atoms. The van der Waals surface area contributed by atoms with E-state index < -0.39 is 5.60 Å². The molecule has 1 rings (SSSR count). The van der Waals surface area contributed by atoms with Crippen LogP contribution in [0, 0.1) is 11.8 Å². The summed E-state index contributed by atoms with van der Waals surface area (Å²) in [4.78, 5) is 13.9. The zero-order valence-corrected chi connectivity index (χ0v) is 14.7. The van der Waals surface area contributed by atoms with Crippen LogP contribution in [-0.4, -0.2) is 42.3 Å². The van der Waals surface area contributed by atoms with Crippen LogP contribution in [0.3, 0.4) is 0 Å². The molecule has 1 amide bonds. The second-order valence-electron chi connectivity index (χ2n) is 7.85. The van der Waals surface area contributed by atoms with Gasteiger partial charge in [0.15, 0.2) is 0 Å². The number of amides is 1. The van der Waals surface area contributed by atoms with Crippen LogP contribution >= 0.6 is 0 Å². The maximum absolute atomic E-state index is 12.0. The van der Waals surface area contributed by atoms with E-state index >= 15 is 0 Å². The summed E-state index contributed by atoms with van der Waals surface area (Å²) < 4.78 is 5.43. The van der Waals surface area contributed by atoms with E-state index in [1.807, 2.05) is 25.7 Å². The Labute approximate surface area is 130 Å². The van der Waals surface area contributed by atoms with Gasteiger partial charge in [0.2, 0.25) is 0 Å². The molecule has 1 N–H and O–H groups in total. The predicted molar refractivity (Wildman–Crippen MR) is 87.5 cm³/mol. The van der Waals surface area contributed by atoms with Gasteiger partial charge in [0, 0.05) is 19.1 Å². The predicted octanol–water partition coefficient (Wildman–Crippen LogP) is 3.66. The maximum Gasteiger partial charge on any atom is 0.410 e. The van der Waals surface area contributed by atoms with Gasteiger partial charge < -0.3 is 15.0 Å². The Kier molecular flexibility index (Phi) is 6.98. The Hall–Kier alpha value is -0.770. The van der Waals surface area contributed by atoms with Crippen molar-refractivity contribution in [2.24, 2.45) is 11.8 Å². The summed E-state index contributed by atoms with van der Waals surface area (Å²) in [6.07, 6.45) is 3.29. The lowest BCUT2D eigenvalue weighted by Crippen LogP contribution is -2.35. The summed E-state index contributed by atoms with van der Waals surface area (Å²) >= 11 is 0. The number of likely N-dealkylation sites (tertiary alicyclic amines) is 1. The van der Waals surface area contributed by atoms with Crippen LogP contribution in [0.15, 0.2) is 0 Å². The molecule has 1 saturated heterocycles. The Balaban J connectivity index is 2.21. The van der Waals surface area contributed by atoms with Gasteiger partial charge in [-0.1, -0.05) is 13.8 Å². The summed E-state index contributed by atoms with van der Waals surface area (Å²) in [5, 5.41) is 3.59. The van der Waals surface area contributed by atoms with E-state index in [2.05, 4.69) is 26.1 Å². The fourth-order valence-electron chi connectivity index (χ4n) is 2.88. The van der Waals surface area contributed by atoms with Gasteiger partial charge in [-0.25, -0.2) is 4.79 Å². The van der Waals surface area contributed by atoms with Gasteiger partial charge in [-0.05, 0) is 65.3 Å². The highest BCUT2D eigenvalue weighted by Gasteiger charge is 2.29. The second kappa shape index (κ2) is 8.02. The Morgan fingerprint density at radius 1 is 1.33 bits per heavy atom. The van der Waals surface area contributed by atoms with Gasteiger partial charge in [0.25, 0.3) is 0 Å². The quantitative estimate of drug-likeness (QED) is 0.813. The van der Waals surface area contributed by atoms with Crippen molar-refractivity contribution in [1.82, 2.24) is 10.2 Å². The molecule has 4 nitrogen and oxygen atoms in total. The lowest BCUT2D eigenvalue weighted by atomic mass is 10.0. The molecular weight excluding hydrogens is 264 g/mol. The largest absolute Gasteiger partial charge is 0.444 e. The van der Waals surface area contributed by atoms with Crippen LogP contribution in [0.25, 0.3) is 0 Å². The van der Waals surface area contributed by atoms with Crippen molar-refractivity contribution in [3.05, 3.63) is 0 Å². The molecule has 21 heavy (non-hydrogen) atoms. The molecule has 124 valence electrons. The van der Waals surface area contributed by atoms with E-state index in [9.17, 15) is 4.79 Å². The fourth-order valence-corrected chi connectivity index (χ4v) is 2.88. The van der Waals surface area contributed by atoms with Crippen molar-refractivity contribution in [2.45, 2.75) is 72.4 Å². The molecule has 2 atom stereocenters. The average molecular weight is 298 g/mol. The first kappa shape index (κ1) is 18.3. The lowest BCUT2D eigenvalue weighted by molar-refractivity contribution is 0.0287. The molecule has 0 aromatic carbocycles.